The van der Waals surface area contributed by atoms with Crippen LogP contribution in [0.1, 0.15) is 37.8 Å². The molecule has 2 rings (SSSR count). The lowest BCUT2D eigenvalue weighted by atomic mass is 10.1. The van der Waals surface area contributed by atoms with E-state index in [2.05, 4.69) is 17.0 Å². The van der Waals surface area contributed by atoms with Gasteiger partial charge in [0.2, 0.25) is 0 Å². The fraction of sp³-hybridized carbons (Fsp3) is 0.429. The van der Waals surface area contributed by atoms with Crippen molar-refractivity contribution in [2.45, 2.75) is 39.5 Å². The van der Waals surface area contributed by atoms with Gasteiger partial charge in [0, 0.05) is 6.54 Å². The zero-order valence-corrected chi connectivity index (χ0v) is 11.3. The van der Waals surface area contributed by atoms with Crippen LogP contribution in [0.25, 0.3) is 0 Å². The Kier molecular flexibility index (Phi) is 4.52. The van der Waals surface area contributed by atoms with Crippen LogP contribution >= 0.6 is 0 Å². The molecule has 1 atom stereocenters. The minimum atomic E-state index is -0.493. The van der Waals surface area contributed by atoms with E-state index in [-0.39, 0.29) is 0 Å². The minimum absolute atomic E-state index is 0.378. The fourth-order valence-electron chi connectivity index (χ4n) is 1.81. The first-order valence-electron chi connectivity index (χ1n) is 6.48. The molecule has 0 radical (unpaired) electrons. The van der Waals surface area contributed by atoms with E-state index in [1.807, 2.05) is 28.9 Å². The highest BCUT2D eigenvalue weighted by Crippen LogP contribution is 2.19. The largest absolute Gasteiger partial charge is 0.486 e. The second-order valence-corrected chi connectivity index (χ2v) is 4.44. The quantitative estimate of drug-likeness (QED) is 0.867. The van der Waals surface area contributed by atoms with Gasteiger partial charge in [-0.2, -0.15) is 5.10 Å². The van der Waals surface area contributed by atoms with Gasteiger partial charge in [0.25, 0.3) is 0 Å². The fourth-order valence-corrected chi connectivity index (χ4v) is 1.81. The summed E-state index contributed by atoms with van der Waals surface area (Å²) >= 11 is 0. The minimum Gasteiger partial charge on any atom is -0.486 e. The highest BCUT2D eigenvalue weighted by molar-refractivity contribution is 5.29. The number of rotatable bonds is 6. The molecule has 19 heavy (non-hydrogen) atoms. The molecule has 0 aliphatic heterocycles. The van der Waals surface area contributed by atoms with Gasteiger partial charge in [0.1, 0.15) is 18.7 Å². The van der Waals surface area contributed by atoms with E-state index in [0.717, 1.165) is 30.1 Å². The Labute approximate surface area is 112 Å². The molecule has 0 bridgehead atoms. The van der Waals surface area contributed by atoms with Crippen LogP contribution in [0.3, 0.4) is 0 Å². The van der Waals surface area contributed by atoms with Crippen molar-refractivity contribution in [2.75, 3.05) is 0 Å². The van der Waals surface area contributed by atoms with Crippen molar-refractivity contribution in [3.8, 4) is 5.75 Å². The SMILES string of the molecule is CCCn1ncnc1COc1cccc([C@H](C)O)c1. The molecule has 0 amide bonds. The van der Waals surface area contributed by atoms with Crippen LogP contribution in [0, 0.1) is 0 Å². The third-order valence-corrected chi connectivity index (χ3v) is 2.84. The molecular weight excluding hydrogens is 242 g/mol. The maximum atomic E-state index is 9.53. The first-order chi connectivity index (χ1) is 9.20. The number of hydrogen-bond donors (Lipinski definition) is 1. The van der Waals surface area contributed by atoms with Crippen LogP contribution in [0.2, 0.25) is 0 Å². The molecule has 5 heteroatoms. The first kappa shape index (κ1) is 13.5. The molecule has 1 aromatic carbocycles. The smallest absolute Gasteiger partial charge is 0.164 e. The zero-order valence-electron chi connectivity index (χ0n) is 11.3. The van der Waals surface area contributed by atoms with Crippen molar-refractivity contribution in [3.05, 3.63) is 42.0 Å². The molecule has 0 aliphatic carbocycles. The van der Waals surface area contributed by atoms with Gasteiger partial charge in [0.05, 0.1) is 6.10 Å². The van der Waals surface area contributed by atoms with Gasteiger partial charge in [0.15, 0.2) is 5.82 Å². The summed E-state index contributed by atoms with van der Waals surface area (Å²) in [4.78, 5) is 4.18. The van der Waals surface area contributed by atoms with Gasteiger partial charge in [-0.1, -0.05) is 19.1 Å². The molecule has 102 valence electrons. The van der Waals surface area contributed by atoms with E-state index in [1.165, 1.54) is 0 Å². The van der Waals surface area contributed by atoms with Crippen LogP contribution in [-0.4, -0.2) is 19.9 Å². The van der Waals surface area contributed by atoms with Crippen molar-refractivity contribution >= 4 is 0 Å². The topological polar surface area (TPSA) is 60.2 Å². The highest BCUT2D eigenvalue weighted by Gasteiger charge is 2.06. The Bertz CT molecular complexity index is 523. The average molecular weight is 261 g/mol. The Morgan fingerprint density at radius 2 is 2.26 bits per heavy atom. The molecule has 0 aliphatic rings. The van der Waals surface area contributed by atoms with Gasteiger partial charge in [-0.15, -0.1) is 0 Å². The van der Waals surface area contributed by atoms with E-state index in [9.17, 15) is 5.11 Å². The molecule has 1 heterocycles. The number of aliphatic hydroxyl groups excluding tert-OH is 1. The monoisotopic (exact) mass is 261 g/mol. The number of hydrogen-bond acceptors (Lipinski definition) is 4. The summed E-state index contributed by atoms with van der Waals surface area (Å²) in [6.07, 6.45) is 2.06. The van der Waals surface area contributed by atoms with Gasteiger partial charge in [-0.05, 0) is 31.0 Å². The van der Waals surface area contributed by atoms with Gasteiger partial charge in [-0.3, -0.25) is 0 Å². The van der Waals surface area contributed by atoms with E-state index >= 15 is 0 Å². The van der Waals surface area contributed by atoms with Crippen LogP contribution in [-0.2, 0) is 13.2 Å². The average Bonchev–Trinajstić information content (AvgIpc) is 2.85. The number of nitrogens with zero attached hydrogens (tertiary/aromatic N) is 3. The van der Waals surface area contributed by atoms with Crippen molar-refractivity contribution in [2.24, 2.45) is 0 Å². The van der Waals surface area contributed by atoms with Gasteiger partial charge < -0.3 is 9.84 Å². The second kappa shape index (κ2) is 6.33. The highest BCUT2D eigenvalue weighted by atomic mass is 16.5. The molecular formula is C14H19N3O2. The van der Waals surface area contributed by atoms with Crippen molar-refractivity contribution in [3.63, 3.8) is 0 Å². The lowest BCUT2D eigenvalue weighted by Gasteiger charge is -2.10. The number of aryl methyl sites for hydroxylation is 1. The maximum absolute atomic E-state index is 9.53. The number of benzene rings is 1. The predicted octanol–water partition coefficient (Wildman–Crippen LogP) is 2.32. The molecule has 0 fully saturated rings. The maximum Gasteiger partial charge on any atom is 0.164 e. The Morgan fingerprint density at radius 3 is 3.00 bits per heavy atom. The lowest BCUT2D eigenvalue weighted by Crippen LogP contribution is -2.08. The molecule has 2 aromatic rings. The molecule has 0 saturated carbocycles. The van der Waals surface area contributed by atoms with E-state index in [4.69, 9.17) is 4.74 Å². The van der Waals surface area contributed by atoms with E-state index < -0.39 is 6.10 Å². The summed E-state index contributed by atoms with van der Waals surface area (Å²) in [5.74, 6) is 1.54. The van der Waals surface area contributed by atoms with Crippen LogP contribution in [0.5, 0.6) is 5.75 Å². The summed E-state index contributed by atoms with van der Waals surface area (Å²) in [6.45, 7) is 5.05. The van der Waals surface area contributed by atoms with Gasteiger partial charge >= 0.3 is 0 Å². The standard InChI is InChI=1S/C14H19N3O2/c1-3-7-17-14(15-10-16-17)9-19-13-6-4-5-12(8-13)11(2)18/h4-6,8,10-11,18H,3,7,9H2,1-2H3/t11-/m0/s1. The number of aliphatic hydroxyl groups is 1. The summed E-state index contributed by atoms with van der Waals surface area (Å²) in [7, 11) is 0. The second-order valence-electron chi connectivity index (χ2n) is 4.44. The lowest BCUT2D eigenvalue weighted by molar-refractivity contribution is 0.198. The number of ether oxygens (including phenoxy) is 1. The molecule has 1 aromatic heterocycles. The summed E-state index contributed by atoms with van der Waals surface area (Å²) in [5.41, 5.74) is 0.840. The summed E-state index contributed by atoms with van der Waals surface area (Å²) in [6, 6.07) is 7.45. The molecule has 1 N–H and O–H groups in total. The molecule has 0 spiro atoms. The predicted molar refractivity (Wildman–Crippen MR) is 71.7 cm³/mol. The summed E-state index contributed by atoms with van der Waals surface area (Å²) < 4.78 is 7.54. The van der Waals surface area contributed by atoms with Crippen molar-refractivity contribution in [1.29, 1.82) is 0 Å². The third-order valence-electron chi connectivity index (χ3n) is 2.84. The van der Waals surface area contributed by atoms with Gasteiger partial charge in [-0.25, -0.2) is 9.67 Å². The zero-order chi connectivity index (χ0) is 13.7. The Hall–Kier alpha value is -1.88. The van der Waals surface area contributed by atoms with Crippen LogP contribution in [0.4, 0.5) is 0 Å². The summed E-state index contributed by atoms with van der Waals surface area (Å²) in [5, 5.41) is 13.7. The van der Waals surface area contributed by atoms with E-state index in [0.29, 0.717) is 6.61 Å². The van der Waals surface area contributed by atoms with E-state index in [1.54, 1.807) is 13.3 Å². The van der Waals surface area contributed by atoms with Crippen molar-refractivity contribution in [1.82, 2.24) is 14.8 Å². The van der Waals surface area contributed by atoms with Crippen molar-refractivity contribution < 1.29 is 9.84 Å². The molecule has 0 unspecified atom stereocenters. The number of aromatic nitrogens is 3. The normalized spacial score (nSPS) is 12.4. The first-order valence-corrected chi connectivity index (χ1v) is 6.48. The third kappa shape index (κ3) is 3.54. The van der Waals surface area contributed by atoms with Crippen LogP contribution < -0.4 is 4.74 Å². The van der Waals surface area contributed by atoms with Crippen LogP contribution in [0.15, 0.2) is 30.6 Å². The molecule has 0 saturated heterocycles. The molecule has 5 nitrogen and oxygen atoms in total. The Morgan fingerprint density at radius 1 is 1.42 bits per heavy atom. The Balaban J connectivity index is 2.02.